The van der Waals surface area contributed by atoms with E-state index in [0.29, 0.717) is 6.42 Å². The van der Waals surface area contributed by atoms with Gasteiger partial charge in [0, 0.05) is 11.2 Å². The number of amides is 2. The second kappa shape index (κ2) is 7.89. The lowest BCUT2D eigenvalue weighted by atomic mass is 10.0. The van der Waals surface area contributed by atoms with Gasteiger partial charge in [0.25, 0.3) is 0 Å². The Hall–Kier alpha value is -2.08. The molecule has 0 N–H and O–H groups in total. The molecule has 0 saturated carbocycles. The van der Waals surface area contributed by atoms with Crippen molar-refractivity contribution < 1.29 is 19.1 Å². The molecule has 27 heavy (non-hydrogen) atoms. The molecule has 2 aromatic rings. The van der Waals surface area contributed by atoms with Gasteiger partial charge < -0.3 is 9.47 Å². The third-order valence-electron chi connectivity index (χ3n) is 3.74. The van der Waals surface area contributed by atoms with Crippen LogP contribution in [0.5, 0.6) is 0 Å². The van der Waals surface area contributed by atoms with Gasteiger partial charge in [0.2, 0.25) is 0 Å². The first-order chi connectivity index (χ1) is 12.4. The van der Waals surface area contributed by atoms with E-state index in [2.05, 4.69) is 23.6 Å². The molecular weight excluding hydrogens is 362 g/mol. The van der Waals surface area contributed by atoms with Gasteiger partial charge in [-0.25, -0.2) is 14.5 Å². The molecule has 2 amide bonds. The Labute approximate surface area is 165 Å². The van der Waals surface area contributed by atoms with E-state index < -0.39 is 23.4 Å². The van der Waals surface area contributed by atoms with Crippen LogP contribution in [0, 0.1) is 6.92 Å². The second-order valence-corrected chi connectivity index (χ2v) is 9.55. The predicted octanol–water partition coefficient (Wildman–Crippen LogP) is 5.92. The van der Waals surface area contributed by atoms with E-state index >= 15 is 0 Å². The Kier molecular flexibility index (Phi) is 6.20. The zero-order chi connectivity index (χ0) is 20.4. The molecule has 1 heterocycles. The minimum absolute atomic E-state index is 0.195. The standard InChI is InChI=1S/C21H29NO4S/c1-14-12-17-16(9-11-27-17)13-15(14)8-10-22(18(23)25-20(2,3)4)19(24)26-21(5,6)7/h9,11-13H,8,10H2,1-7H3. The highest BCUT2D eigenvalue weighted by atomic mass is 32.1. The Morgan fingerprint density at radius 2 is 1.56 bits per heavy atom. The molecule has 0 saturated heterocycles. The van der Waals surface area contributed by atoms with Crippen LogP contribution in [0.1, 0.15) is 52.7 Å². The molecule has 5 nitrogen and oxygen atoms in total. The van der Waals surface area contributed by atoms with E-state index in [4.69, 9.17) is 9.47 Å². The highest BCUT2D eigenvalue weighted by Gasteiger charge is 2.31. The highest BCUT2D eigenvalue weighted by Crippen LogP contribution is 2.25. The summed E-state index contributed by atoms with van der Waals surface area (Å²) in [5.74, 6) is 0. The molecule has 148 valence electrons. The van der Waals surface area contributed by atoms with Crippen molar-refractivity contribution in [3.05, 3.63) is 34.7 Å². The summed E-state index contributed by atoms with van der Waals surface area (Å²) in [6.07, 6.45) is -0.840. The Bertz CT molecular complexity index is 799. The summed E-state index contributed by atoms with van der Waals surface area (Å²) in [4.78, 5) is 26.2. The average Bonchev–Trinajstić information content (AvgIpc) is 2.90. The summed E-state index contributed by atoms with van der Waals surface area (Å²) in [7, 11) is 0. The van der Waals surface area contributed by atoms with Crippen LogP contribution in [0.3, 0.4) is 0 Å². The minimum Gasteiger partial charge on any atom is -0.443 e. The number of carbonyl (C=O) groups excluding carboxylic acids is 2. The van der Waals surface area contributed by atoms with Crippen LogP contribution in [-0.4, -0.2) is 34.8 Å². The van der Waals surface area contributed by atoms with Crippen molar-refractivity contribution in [1.82, 2.24) is 4.90 Å². The van der Waals surface area contributed by atoms with Crippen molar-refractivity contribution in [3.8, 4) is 0 Å². The average molecular weight is 392 g/mol. The molecule has 0 aliphatic carbocycles. The van der Waals surface area contributed by atoms with Gasteiger partial charge in [-0.15, -0.1) is 11.3 Å². The summed E-state index contributed by atoms with van der Waals surface area (Å²) in [6, 6.07) is 6.33. The lowest BCUT2D eigenvalue weighted by Crippen LogP contribution is -2.44. The fourth-order valence-corrected chi connectivity index (χ4v) is 3.42. The number of fused-ring (bicyclic) bond motifs is 1. The first-order valence-corrected chi connectivity index (χ1v) is 9.94. The number of hydrogen-bond donors (Lipinski definition) is 0. The van der Waals surface area contributed by atoms with E-state index in [1.165, 1.54) is 10.1 Å². The Morgan fingerprint density at radius 3 is 2.07 bits per heavy atom. The molecule has 6 heteroatoms. The molecule has 0 radical (unpaired) electrons. The molecule has 0 atom stereocenters. The molecule has 2 rings (SSSR count). The molecule has 0 aliphatic heterocycles. The number of ether oxygens (including phenoxy) is 2. The van der Waals surface area contributed by atoms with E-state index in [0.717, 1.165) is 16.0 Å². The topological polar surface area (TPSA) is 55.8 Å². The second-order valence-electron chi connectivity index (χ2n) is 8.60. The van der Waals surface area contributed by atoms with Crippen LogP contribution in [0.2, 0.25) is 0 Å². The fraction of sp³-hybridized carbons (Fsp3) is 0.524. The van der Waals surface area contributed by atoms with E-state index in [1.807, 2.05) is 6.92 Å². The van der Waals surface area contributed by atoms with Crippen LogP contribution >= 0.6 is 11.3 Å². The maximum absolute atomic E-state index is 12.6. The van der Waals surface area contributed by atoms with Gasteiger partial charge in [0.15, 0.2) is 0 Å². The van der Waals surface area contributed by atoms with Crippen molar-refractivity contribution >= 4 is 33.6 Å². The number of aryl methyl sites for hydroxylation is 1. The number of hydrogen-bond acceptors (Lipinski definition) is 5. The molecular formula is C21H29NO4S. The quantitative estimate of drug-likeness (QED) is 0.651. The van der Waals surface area contributed by atoms with Gasteiger partial charge >= 0.3 is 12.2 Å². The molecule has 1 aromatic carbocycles. The fourth-order valence-electron chi connectivity index (χ4n) is 2.55. The first kappa shape index (κ1) is 21.2. The predicted molar refractivity (Wildman–Crippen MR) is 109 cm³/mol. The molecule has 0 unspecified atom stereocenters. The third-order valence-corrected chi connectivity index (χ3v) is 4.62. The minimum atomic E-state index is -0.692. The van der Waals surface area contributed by atoms with Gasteiger partial charge in [0.1, 0.15) is 11.2 Å². The number of carbonyl (C=O) groups is 2. The van der Waals surface area contributed by atoms with Gasteiger partial charge in [-0.2, -0.15) is 0 Å². The normalized spacial score (nSPS) is 12.1. The number of benzene rings is 1. The van der Waals surface area contributed by atoms with Crippen LogP contribution in [-0.2, 0) is 15.9 Å². The van der Waals surface area contributed by atoms with Crippen molar-refractivity contribution in [2.75, 3.05) is 6.54 Å². The SMILES string of the molecule is Cc1cc2sccc2cc1CCN(C(=O)OC(C)(C)C)C(=O)OC(C)(C)C. The van der Waals surface area contributed by atoms with Gasteiger partial charge in [0.05, 0.1) is 0 Å². The molecule has 0 aliphatic rings. The van der Waals surface area contributed by atoms with Crippen LogP contribution in [0.15, 0.2) is 23.6 Å². The summed E-state index contributed by atoms with van der Waals surface area (Å²) >= 11 is 1.70. The van der Waals surface area contributed by atoms with E-state index in [1.54, 1.807) is 52.9 Å². The summed E-state index contributed by atoms with van der Waals surface area (Å²) in [6.45, 7) is 12.9. The van der Waals surface area contributed by atoms with Crippen molar-refractivity contribution in [2.24, 2.45) is 0 Å². The number of rotatable bonds is 3. The highest BCUT2D eigenvalue weighted by molar-refractivity contribution is 7.17. The Balaban J connectivity index is 2.20. The van der Waals surface area contributed by atoms with E-state index in [9.17, 15) is 9.59 Å². The van der Waals surface area contributed by atoms with Crippen molar-refractivity contribution in [1.29, 1.82) is 0 Å². The monoisotopic (exact) mass is 391 g/mol. The maximum atomic E-state index is 12.6. The third kappa shape index (κ3) is 6.24. The lowest BCUT2D eigenvalue weighted by molar-refractivity contribution is 0.00170. The smallest absolute Gasteiger partial charge is 0.419 e. The van der Waals surface area contributed by atoms with Crippen molar-refractivity contribution in [2.45, 2.75) is 66.1 Å². The molecule has 1 aromatic heterocycles. The van der Waals surface area contributed by atoms with Crippen LogP contribution in [0.4, 0.5) is 9.59 Å². The molecule has 0 fully saturated rings. The van der Waals surface area contributed by atoms with E-state index in [-0.39, 0.29) is 6.54 Å². The van der Waals surface area contributed by atoms with Gasteiger partial charge in [-0.1, -0.05) is 0 Å². The Morgan fingerprint density at radius 1 is 1.00 bits per heavy atom. The molecule has 0 spiro atoms. The van der Waals surface area contributed by atoms with Crippen LogP contribution < -0.4 is 0 Å². The largest absolute Gasteiger partial charge is 0.443 e. The molecule has 0 bridgehead atoms. The van der Waals surface area contributed by atoms with Gasteiger partial charge in [-0.05, 0) is 95.0 Å². The summed E-state index contributed by atoms with van der Waals surface area (Å²) in [5, 5.41) is 3.23. The maximum Gasteiger partial charge on any atom is 0.419 e. The summed E-state index contributed by atoms with van der Waals surface area (Å²) < 4.78 is 12.0. The lowest BCUT2D eigenvalue weighted by Gasteiger charge is -2.28. The van der Waals surface area contributed by atoms with Crippen molar-refractivity contribution in [3.63, 3.8) is 0 Å². The first-order valence-electron chi connectivity index (χ1n) is 9.06. The summed E-state index contributed by atoms with van der Waals surface area (Å²) in [5.41, 5.74) is 0.849. The number of thiophene rings is 1. The number of nitrogens with zero attached hydrogens (tertiary/aromatic N) is 1. The number of imide groups is 1. The van der Waals surface area contributed by atoms with Crippen LogP contribution in [0.25, 0.3) is 10.1 Å². The zero-order valence-corrected chi connectivity index (χ0v) is 18.0. The van der Waals surface area contributed by atoms with Gasteiger partial charge in [-0.3, -0.25) is 0 Å². The zero-order valence-electron chi connectivity index (χ0n) is 17.2.